The standard InChI is InChI=1S/C21H30N2O6/c1-6-19(25)28-17-10-8-7-9-15(17)13-27-14(2)16(11-12-18(22)24)23-20(26)29-21(3,4)5/h6-10,14,16H,1,11-13H2,2-5H3,(H2,22,24)(H,23,26)/t14-,16+/m1/s1. The Hall–Kier alpha value is -2.87. The third-order valence-electron chi connectivity index (χ3n) is 3.82. The van der Waals surface area contributed by atoms with Crippen LogP contribution in [0.3, 0.4) is 0 Å². The number of amides is 2. The first-order valence-electron chi connectivity index (χ1n) is 9.33. The van der Waals surface area contributed by atoms with Gasteiger partial charge in [0.2, 0.25) is 5.91 Å². The Morgan fingerprint density at radius 1 is 1.24 bits per heavy atom. The largest absolute Gasteiger partial charge is 0.444 e. The Morgan fingerprint density at radius 3 is 2.48 bits per heavy atom. The number of primary amides is 1. The van der Waals surface area contributed by atoms with Crippen LogP contribution in [0.5, 0.6) is 5.75 Å². The van der Waals surface area contributed by atoms with Gasteiger partial charge in [-0.25, -0.2) is 9.59 Å². The van der Waals surface area contributed by atoms with Crippen LogP contribution < -0.4 is 15.8 Å². The lowest BCUT2D eigenvalue weighted by atomic mass is 10.1. The fourth-order valence-corrected chi connectivity index (χ4v) is 2.39. The molecule has 2 atom stereocenters. The molecule has 0 aliphatic heterocycles. The van der Waals surface area contributed by atoms with Gasteiger partial charge in [0.15, 0.2) is 0 Å². The minimum Gasteiger partial charge on any atom is -0.444 e. The smallest absolute Gasteiger partial charge is 0.407 e. The van der Waals surface area contributed by atoms with Gasteiger partial charge in [0, 0.05) is 18.1 Å². The van der Waals surface area contributed by atoms with Crippen LogP contribution in [-0.2, 0) is 25.7 Å². The maximum Gasteiger partial charge on any atom is 0.407 e. The van der Waals surface area contributed by atoms with Gasteiger partial charge in [-0.05, 0) is 40.2 Å². The second-order valence-corrected chi connectivity index (χ2v) is 7.51. The molecule has 1 aromatic carbocycles. The zero-order chi connectivity index (χ0) is 22.0. The number of esters is 1. The van der Waals surface area contributed by atoms with E-state index >= 15 is 0 Å². The summed E-state index contributed by atoms with van der Waals surface area (Å²) in [6.07, 6.45) is 0.378. The molecule has 1 aromatic rings. The quantitative estimate of drug-likeness (QED) is 0.351. The minimum absolute atomic E-state index is 0.0850. The molecule has 0 heterocycles. The number of hydrogen-bond donors (Lipinski definition) is 2. The molecule has 0 spiro atoms. The predicted molar refractivity (Wildman–Crippen MR) is 108 cm³/mol. The number of alkyl carbamates (subject to hydrolysis) is 1. The molecular formula is C21H30N2O6. The van der Waals surface area contributed by atoms with Crippen LogP contribution in [0.1, 0.15) is 46.1 Å². The van der Waals surface area contributed by atoms with Crippen molar-refractivity contribution in [3.63, 3.8) is 0 Å². The lowest BCUT2D eigenvalue weighted by molar-refractivity contribution is -0.129. The molecule has 0 bridgehead atoms. The van der Waals surface area contributed by atoms with Crippen LogP contribution in [0, 0.1) is 0 Å². The van der Waals surface area contributed by atoms with Crippen molar-refractivity contribution < 1.29 is 28.6 Å². The lowest BCUT2D eigenvalue weighted by Gasteiger charge is -2.27. The highest BCUT2D eigenvalue weighted by Crippen LogP contribution is 2.21. The van der Waals surface area contributed by atoms with Crippen LogP contribution in [0.15, 0.2) is 36.9 Å². The second kappa shape index (κ2) is 11.2. The van der Waals surface area contributed by atoms with Gasteiger partial charge in [-0.3, -0.25) is 4.79 Å². The first-order chi connectivity index (χ1) is 13.5. The zero-order valence-electron chi connectivity index (χ0n) is 17.4. The summed E-state index contributed by atoms with van der Waals surface area (Å²) < 4.78 is 16.3. The van der Waals surface area contributed by atoms with E-state index in [2.05, 4.69) is 11.9 Å². The van der Waals surface area contributed by atoms with Crippen molar-refractivity contribution in [3.8, 4) is 5.75 Å². The molecule has 3 N–H and O–H groups in total. The molecule has 29 heavy (non-hydrogen) atoms. The highest BCUT2D eigenvalue weighted by Gasteiger charge is 2.24. The Balaban J connectivity index is 2.80. The van der Waals surface area contributed by atoms with E-state index in [1.54, 1.807) is 52.0 Å². The van der Waals surface area contributed by atoms with Gasteiger partial charge in [-0.15, -0.1) is 0 Å². The van der Waals surface area contributed by atoms with Crippen molar-refractivity contribution in [2.75, 3.05) is 0 Å². The van der Waals surface area contributed by atoms with Crippen LogP contribution in [-0.4, -0.2) is 35.7 Å². The number of carbonyl (C=O) groups is 3. The van der Waals surface area contributed by atoms with Crippen molar-refractivity contribution in [2.24, 2.45) is 5.73 Å². The summed E-state index contributed by atoms with van der Waals surface area (Å²) in [6.45, 7) is 10.5. The number of benzene rings is 1. The SMILES string of the molecule is C=CC(=O)Oc1ccccc1CO[C@H](C)[C@H](CCC(N)=O)NC(=O)OC(C)(C)C. The summed E-state index contributed by atoms with van der Waals surface area (Å²) in [7, 11) is 0. The van der Waals surface area contributed by atoms with Gasteiger partial charge >= 0.3 is 12.1 Å². The summed E-state index contributed by atoms with van der Waals surface area (Å²) in [6, 6.07) is 6.43. The number of rotatable bonds is 10. The number of carbonyl (C=O) groups excluding carboxylic acids is 3. The van der Waals surface area contributed by atoms with Gasteiger partial charge in [0.25, 0.3) is 0 Å². The maximum absolute atomic E-state index is 12.1. The normalized spacial score (nSPS) is 13.1. The monoisotopic (exact) mass is 406 g/mol. The molecule has 0 saturated carbocycles. The first kappa shape index (κ1) is 24.2. The molecule has 8 nitrogen and oxygen atoms in total. The van der Waals surface area contributed by atoms with E-state index in [4.69, 9.17) is 19.9 Å². The van der Waals surface area contributed by atoms with Crippen molar-refractivity contribution >= 4 is 18.0 Å². The van der Waals surface area contributed by atoms with Crippen LogP contribution in [0.2, 0.25) is 0 Å². The summed E-state index contributed by atoms with van der Waals surface area (Å²) in [5, 5.41) is 2.73. The van der Waals surface area contributed by atoms with Crippen molar-refractivity contribution in [1.29, 1.82) is 0 Å². The van der Waals surface area contributed by atoms with E-state index in [1.807, 2.05) is 0 Å². The molecule has 0 saturated heterocycles. The fraction of sp³-hybridized carbons (Fsp3) is 0.476. The number of ether oxygens (including phenoxy) is 3. The molecule has 0 aliphatic carbocycles. The molecule has 8 heteroatoms. The van der Waals surface area contributed by atoms with Gasteiger partial charge in [-0.2, -0.15) is 0 Å². The Morgan fingerprint density at radius 2 is 1.90 bits per heavy atom. The third-order valence-corrected chi connectivity index (χ3v) is 3.82. The van der Waals surface area contributed by atoms with E-state index in [-0.39, 0.29) is 13.0 Å². The highest BCUT2D eigenvalue weighted by molar-refractivity contribution is 5.83. The number of nitrogens with one attached hydrogen (secondary N) is 1. The third kappa shape index (κ3) is 9.75. The van der Waals surface area contributed by atoms with Gasteiger partial charge in [0.05, 0.1) is 18.8 Å². The van der Waals surface area contributed by atoms with E-state index in [9.17, 15) is 14.4 Å². The zero-order valence-corrected chi connectivity index (χ0v) is 17.4. The Labute approximate surface area is 171 Å². The number of para-hydroxylation sites is 1. The number of hydrogen-bond acceptors (Lipinski definition) is 6. The minimum atomic E-state index is -0.656. The molecule has 1 rings (SSSR count). The molecule has 0 aromatic heterocycles. The summed E-state index contributed by atoms with van der Waals surface area (Å²) in [4.78, 5) is 34.8. The van der Waals surface area contributed by atoms with E-state index in [1.165, 1.54) is 0 Å². The van der Waals surface area contributed by atoms with E-state index in [0.29, 0.717) is 17.7 Å². The molecule has 0 unspecified atom stereocenters. The number of nitrogens with two attached hydrogens (primary N) is 1. The lowest BCUT2D eigenvalue weighted by Crippen LogP contribution is -2.45. The summed E-state index contributed by atoms with van der Waals surface area (Å²) >= 11 is 0. The fourth-order valence-electron chi connectivity index (χ4n) is 2.39. The van der Waals surface area contributed by atoms with Crippen molar-refractivity contribution in [1.82, 2.24) is 5.32 Å². The molecule has 0 fully saturated rings. The average molecular weight is 406 g/mol. The highest BCUT2D eigenvalue weighted by atomic mass is 16.6. The van der Waals surface area contributed by atoms with E-state index in [0.717, 1.165) is 6.08 Å². The molecule has 0 aliphatic rings. The Kier molecular flexibility index (Phi) is 9.34. The summed E-state index contributed by atoms with van der Waals surface area (Å²) in [5.74, 6) is -0.690. The Bertz CT molecular complexity index is 726. The van der Waals surface area contributed by atoms with Crippen molar-refractivity contribution in [3.05, 3.63) is 42.5 Å². The molecule has 0 radical (unpaired) electrons. The molecular weight excluding hydrogens is 376 g/mol. The average Bonchev–Trinajstić information content (AvgIpc) is 2.62. The molecule has 160 valence electrons. The van der Waals surface area contributed by atoms with E-state index < -0.39 is 35.7 Å². The summed E-state index contributed by atoms with van der Waals surface area (Å²) in [5.41, 5.74) is 5.23. The van der Waals surface area contributed by atoms with Crippen LogP contribution in [0.25, 0.3) is 0 Å². The van der Waals surface area contributed by atoms with Crippen LogP contribution in [0.4, 0.5) is 4.79 Å². The first-order valence-corrected chi connectivity index (χ1v) is 9.33. The maximum atomic E-state index is 12.1. The van der Waals surface area contributed by atoms with Crippen LogP contribution >= 0.6 is 0 Å². The second-order valence-electron chi connectivity index (χ2n) is 7.51. The van der Waals surface area contributed by atoms with Crippen molar-refractivity contribution in [2.45, 2.75) is 64.9 Å². The van der Waals surface area contributed by atoms with Gasteiger partial charge in [-0.1, -0.05) is 24.8 Å². The van der Waals surface area contributed by atoms with Gasteiger partial charge in [0.1, 0.15) is 11.4 Å². The van der Waals surface area contributed by atoms with Gasteiger partial charge < -0.3 is 25.3 Å². The predicted octanol–water partition coefficient (Wildman–Crippen LogP) is 2.84. The molecule has 2 amide bonds. The topological polar surface area (TPSA) is 117 Å².